The average Bonchev–Trinajstić information content (AvgIpc) is 2.77. The third-order valence-electron chi connectivity index (χ3n) is 4.96. The number of hydrogen-bond donors (Lipinski definition) is 0. The van der Waals surface area contributed by atoms with Crippen LogP contribution < -0.4 is 0 Å². The van der Waals surface area contributed by atoms with E-state index < -0.39 is 5.97 Å². The SMILES string of the molecule is CCOC(=O)C(C#N)=C(c1cccc2ccccc12)c1cccc2ccccc12. The van der Waals surface area contributed by atoms with Gasteiger partial charge in [0.15, 0.2) is 0 Å². The van der Waals surface area contributed by atoms with Gasteiger partial charge in [-0.2, -0.15) is 5.26 Å². The van der Waals surface area contributed by atoms with Gasteiger partial charge in [-0.05, 0) is 39.6 Å². The molecule has 4 rings (SSSR count). The van der Waals surface area contributed by atoms with E-state index in [0.29, 0.717) is 5.57 Å². The zero-order valence-electron chi connectivity index (χ0n) is 16.1. The molecule has 4 aromatic carbocycles. The van der Waals surface area contributed by atoms with Crippen LogP contribution in [0.4, 0.5) is 0 Å². The monoisotopic (exact) mass is 377 g/mol. The fourth-order valence-electron chi connectivity index (χ4n) is 3.71. The maximum absolute atomic E-state index is 12.7. The van der Waals surface area contributed by atoms with Crippen LogP contribution in [0.15, 0.2) is 90.5 Å². The normalized spacial score (nSPS) is 10.5. The van der Waals surface area contributed by atoms with E-state index in [9.17, 15) is 10.1 Å². The van der Waals surface area contributed by atoms with Gasteiger partial charge in [0.05, 0.1) is 6.61 Å². The molecule has 0 aliphatic carbocycles. The number of ether oxygens (including phenoxy) is 1. The average molecular weight is 377 g/mol. The number of benzene rings is 4. The lowest BCUT2D eigenvalue weighted by Gasteiger charge is -2.16. The highest BCUT2D eigenvalue weighted by atomic mass is 16.5. The van der Waals surface area contributed by atoms with Gasteiger partial charge < -0.3 is 4.74 Å². The van der Waals surface area contributed by atoms with E-state index in [1.807, 2.05) is 84.9 Å². The minimum Gasteiger partial charge on any atom is -0.462 e. The molecular weight excluding hydrogens is 358 g/mol. The Morgan fingerprint density at radius 3 is 1.76 bits per heavy atom. The third-order valence-corrected chi connectivity index (χ3v) is 4.96. The van der Waals surface area contributed by atoms with E-state index in [2.05, 4.69) is 6.07 Å². The van der Waals surface area contributed by atoms with Crippen LogP contribution in [0.5, 0.6) is 0 Å². The number of rotatable bonds is 4. The maximum Gasteiger partial charge on any atom is 0.349 e. The van der Waals surface area contributed by atoms with E-state index in [1.165, 1.54) is 0 Å². The lowest BCUT2D eigenvalue weighted by Crippen LogP contribution is -2.10. The maximum atomic E-state index is 12.7. The molecule has 0 unspecified atom stereocenters. The first-order chi connectivity index (χ1) is 14.2. The van der Waals surface area contributed by atoms with Crippen molar-refractivity contribution in [3.63, 3.8) is 0 Å². The molecule has 4 aromatic rings. The van der Waals surface area contributed by atoms with E-state index in [1.54, 1.807) is 6.92 Å². The number of esters is 1. The number of hydrogen-bond acceptors (Lipinski definition) is 3. The first kappa shape index (κ1) is 18.5. The third kappa shape index (κ3) is 3.37. The molecule has 0 bridgehead atoms. The molecule has 0 aliphatic rings. The summed E-state index contributed by atoms with van der Waals surface area (Å²) in [6.07, 6.45) is 0. The number of nitrogens with zero attached hydrogens (tertiary/aromatic N) is 1. The molecule has 0 aliphatic heterocycles. The predicted octanol–water partition coefficient (Wildman–Crippen LogP) is 5.88. The smallest absolute Gasteiger partial charge is 0.349 e. The summed E-state index contributed by atoms with van der Waals surface area (Å²) in [5.41, 5.74) is 2.28. The molecule has 0 aromatic heterocycles. The van der Waals surface area contributed by atoms with Crippen molar-refractivity contribution in [2.24, 2.45) is 0 Å². The first-order valence-electron chi connectivity index (χ1n) is 9.52. The largest absolute Gasteiger partial charge is 0.462 e. The van der Waals surface area contributed by atoms with Crippen LogP contribution in [0.2, 0.25) is 0 Å². The zero-order chi connectivity index (χ0) is 20.2. The number of carbonyl (C=O) groups excluding carboxylic acids is 1. The van der Waals surface area contributed by atoms with E-state index in [0.717, 1.165) is 32.7 Å². The molecule has 0 saturated carbocycles. The highest BCUT2D eigenvalue weighted by molar-refractivity contribution is 6.12. The number of carbonyl (C=O) groups is 1. The van der Waals surface area contributed by atoms with Crippen LogP contribution in [0.1, 0.15) is 18.1 Å². The quantitative estimate of drug-likeness (QED) is 0.253. The van der Waals surface area contributed by atoms with Gasteiger partial charge in [0.1, 0.15) is 11.6 Å². The molecule has 0 saturated heterocycles. The Hall–Kier alpha value is -3.90. The molecule has 29 heavy (non-hydrogen) atoms. The number of fused-ring (bicyclic) bond motifs is 2. The van der Waals surface area contributed by atoms with Crippen molar-refractivity contribution in [2.75, 3.05) is 6.61 Å². The summed E-state index contributed by atoms with van der Waals surface area (Å²) in [7, 11) is 0. The van der Waals surface area contributed by atoms with Crippen LogP contribution in [0, 0.1) is 11.3 Å². The summed E-state index contributed by atoms with van der Waals surface area (Å²) in [5.74, 6) is -0.606. The second kappa shape index (κ2) is 8.00. The summed E-state index contributed by atoms with van der Waals surface area (Å²) in [4.78, 5) is 12.7. The van der Waals surface area contributed by atoms with E-state index in [-0.39, 0.29) is 12.2 Å². The topological polar surface area (TPSA) is 50.1 Å². The summed E-state index contributed by atoms with van der Waals surface area (Å²) in [5, 5.41) is 14.0. The van der Waals surface area contributed by atoms with E-state index >= 15 is 0 Å². The van der Waals surface area contributed by atoms with Crippen molar-refractivity contribution in [1.29, 1.82) is 5.26 Å². The summed E-state index contributed by atoms with van der Waals surface area (Å²) < 4.78 is 5.22. The second-order valence-corrected chi connectivity index (χ2v) is 6.64. The van der Waals surface area contributed by atoms with Crippen molar-refractivity contribution in [3.05, 3.63) is 102 Å². The molecule has 0 heterocycles. The predicted molar refractivity (Wildman–Crippen MR) is 116 cm³/mol. The molecule has 0 amide bonds. The lowest BCUT2D eigenvalue weighted by molar-refractivity contribution is -0.137. The Labute approximate surface area is 169 Å². The van der Waals surface area contributed by atoms with Gasteiger partial charge in [-0.25, -0.2) is 4.79 Å². The zero-order valence-corrected chi connectivity index (χ0v) is 16.1. The minimum atomic E-state index is -0.606. The van der Waals surface area contributed by atoms with Crippen molar-refractivity contribution >= 4 is 33.1 Å². The van der Waals surface area contributed by atoms with Crippen molar-refractivity contribution in [1.82, 2.24) is 0 Å². The fourth-order valence-corrected chi connectivity index (χ4v) is 3.71. The summed E-state index contributed by atoms with van der Waals surface area (Å²) in [6.45, 7) is 1.95. The highest BCUT2D eigenvalue weighted by Gasteiger charge is 2.22. The standard InChI is InChI=1S/C26H19NO2/c1-2-29-26(28)24(17-27)25(22-15-7-11-18-9-3-5-13-20(18)22)23-16-8-12-19-10-4-6-14-21(19)23/h3-16H,2H2,1H3. The van der Waals surface area contributed by atoms with Crippen LogP contribution >= 0.6 is 0 Å². The van der Waals surface area contributed by atoms with Crippen molar-refractivity contribution < 1.29 is 9.53 Å². The first-order valence-corrected chi connectivity index (χ1v) is 9.52. The molecular formula is C26H19NO2. The van der Waals surface area contributed by atoms with Gasteiger partial charge in [-0.1, -0.05) is 84.9 Å². The fraction of sp³-hybridized carbons (Fsp3) is 0.0769. The Kier molecular flexibility index (Phi) is 5.09. The molecule has 0 fully saturated rings. The summed E-state index contributed by atoms with van der Waals surface area (Å²) >= 11 is 0. The Balaban J connectivity index is 2.14. The van der Waals surface area contributed by atoms with Crippen molar-refractivity contribution in [2.45, 2.75) is 6.92 Å². The molecule has 3 nitrogen and oxygen atoms in total. The molecule has 0 N–H and O–H groups in total. The Bertz CT molecular complexity index is 1200. The summed E-state index contributed by atoms with van der Waals surface area (Å²) in [6, 6.07) is 29.9. The highest BCUT2D eigenvalue weighted by Crippen LogP contribution is 2.36. The number of nitriles is 1. The van der Waals surface area contributed by atoms with Gasteiger partial charge in [0, 0.05) is 5.57 Å². The van der Waals surface area contributed by atoms with Gasteiger partial charge in [0.25, 0.3) is 0 Å². The lowest BCUT2D eigenvalue weighted by atomic mass is 9.87. The van der Waals surface area contributed by atoms with Gasteiger partial charge in [-0.15, -0.1) is 0 Å². The van der Waals surface area contributed by atoms with Gasteiger partial charge in [-0.3, -0.25) is 0 Å². The molecule has 0 radical (unpaired) electrons. The minimum absolute atomic E-state index is 0.0135. The van der Waals surface area contributed by atoms with Gasteiger partial charge >= 0.3 is 5.97 Å². The van der Waals surface area contributed by atoms with Crippen LogP contribution in [-0.2, 0) is 9.53 Å². The van der Waals surface area contributed by atoms with Crippen LogP contribution in [0.25, 0.3) is 27.1 Å². The van der Waals surface area contributed by atoms with Crippen LogP contribution in [-0.4, -0.2) is 12.6 Å². The molecule has 0 atom stereocenters. The molecule has 3 heteroatoms. The Morgan fingerprint density at radius 1 is 0.793 bits per heavy atom. The second-order valence-electron chi connectivity index (χ2n) is 6.64. The van der Waals surface area contributed by atoms with Crippen molar-refractivity contribution in [3.8, 4) is 6.07 Å². The Morgan fingerprint density at radius 2 is 1.28 bits per heavy atom. The molecule has 0 spiro atoms. The van der Waals surface area contributed by atoms with E-state index in [4.69, 9.17) is 4.74 Å². The molecule has 140 valence electrons. The van der Waals surface area contributed by atoms with Gasteiger partial charge in [0.2, 0.25) is 0 Å². The van der Waals surface area contributed by atoms with Crippen LogP contribution in [0.3, 0.4) is 0 Å².